The number of amides is 1. The van der Waals surface area contributed by atoms with Crippen LogP contribution in [0.2, 0.25) is 0 Å². The third-order valence-electron chi connectivity index (χ3n) is 3.08. The van der Waals surface area contributed by atoms with Crippen molar-refractivity contribution >= 4 is 11.9 Å². The molecule has 1 amide bonds. The second-order valence-electron chi connectivity index (χ2n) is 5.33. The van der Waals surface area contributed by atoms with Gasteiger partial charge in [0.2, 0.25) is 12.2 Å². The van der Waals surface area contributed by atoms with Crippen molar-refractivity contribution in [3.05, 3.63) is 36.2 Å². The van der Waals surface area contributed by atoms with Crippen molar-refractivity contribution in [1.82, 2.24) is 15.5 Å². The van der Waals surface area contributed by atoms with Gasteiger partial charge in [-0.3, -0.25) is 4.79 Å². The van der Waals surface area contributed by atoms with Gasteiger partial charge in [-0.05, 0) is 24.5 Å². The molecular formula is C15H17N3O4. The van der Waals surface area contributed by atoms with Crippen LogP contribution in [-0.2, 0) is 4.79 Å². The molecule has 0 fully saturated rings. The van der Waals surface area contributed by atoms with Gasteiger partial charge < -0.3 is 14.9 Å². The van der Waals surface area contributed by atoms with Gasteiger partial charge in [0.1, 0.15) is 6.04 Å². The lowest BCUT2D eigenvalue weighted by molar-refractivity contribution is -0.139. The van der Waals surface area contributed by atoms with Gasteiger partial charge in [-0.2, -0.15) is 4.98 Å². The topological polar surface area (TPSA) is 105 Å². The Kier molecular flexibility index (Phi) is 4.88. The van der Waals surface area contributed by atoms with E-state index < -0.39 is 17.9 Å². The molecule has 1 atom stereocenters. The molecule has 1 aromatic heterocycles. The summed E-state index contributed by atoms with van der Waals surface area (Å²) >= 11 is 0. The molecule has 0 aliphatic rings. The Labute approximate surface area is 127 Å². The number of aliphatic carboxylic acids is 1. The maximum absolute atomic E-state index is 12.1. The minimum absolute atomic E-state index is 0.169. The monoisotopic (exact) mass is 303 g/mol. The van der Waals surface area contributed by atoms with Crippen LogP contribution in [0.4, 0.5) is 0 Å². The third kappa shape index (κ3) is 3.91. The zero-order valence-corrected chi connectivity index (χ0v) is 12.3. The van der Waals surface area contributed by atoms with Gasteiger partial charge in [-0.1, -0.05) is 31.1 Å². The summed E-state index contributed by atoms with van der Waals surface area (Å²) in [6.07, 6.45) is 1.60. The number of carbonyl (C=O) groups is 2. The fourth-order valence-corrected chi connectivity index (χ4v) is 2.00. The highest BCUT2D eigenvalue weighted by molar-refractivity contribution is 5.96. The minimum atomic E-state index is -1.04. The lowest BCUT2D eigenvalue weighted by atomic mass is 10.0. The average Bonchev–Trinajstić information content (AvgIpc) is 3.00. The first-order chi connectivity index (χ1) is 10.5. The van der Waals surface area contributed by atoms with E-state index in [1.54, 1.807) is 24.3 Å². The average molecular weight is 303 g/mol. The summed E-state index contributed by atoms with van der Waals surface area (Å²) in [5.41, 5.74) is 1.09. The van der Waals surface area contributed by atoms with Crippen LogP contribution in [0, 0.1) is 5.92 Å². The highest BCUT2D eigenvalue weighted by atomic mass is 16.5. The number of carboxylic acid groups (broad SMARTS) is 1. The second-order valence-corrected chi connectivity index (χ2v) is 5.33. The van der Waals surface area contributed by atoms with Gasteiger partial charge in [0.15, 0.2) is 0 Å². The zero-order chi connectivity index (χ0) is 16.1. The van der Waals surface area contributed by atoms with Crippen LogP contribution >= 0.6 is 0 Å². The van der Waals surface area contributed by atoms with E-state index in [2.05, 4.69) is 20.0 Å². The second kappa shape index (κ2) is 6.84. The third-order valence-corrected chi connectivity index (χ3v) is 3.08. The van der Waals surface area contributed by atoms with E-state index in [9.17, 15) is 9.59 Å². The Morgan fingerprint density at radius 3 is 2.45 bits per heavy atom. The molecule has 0 saturated carbocycles. The van der Waals surface area contributed by atoms with Crippen molar-refractivity contribution in [3.8, 4) is 11.4 Å². The number of rotatable bonds is 6. The highest BCUT2D eigenvalue weighted by Gasteiger charge is 2.21. The molecule has 0 radical (unpaired) electrons. The molecule has 7 heteroatoms. The van der Waals surface area contributed by atoms with E-state index >= 15 is 0 Å². The van der Waals surface area contributed by atoms with E-state index in [-0.39, 0.29) is 5.92 Å². The number of nitrogens with zero attached hydrogens (tertiary/aromatic N) is 2. The molecule has 7 nitrogen and oxygen atoms in total. The summed E-state index contributed by atoms with van der Waals surface area (Å²) in [4.78, 5) is 27.2. The minimum Gasteiger partial charge on any atom is -0.480 e. The van der Waals surface area contributed by atoms with Crippen LogP contribution in [0.25, 0.3) is 11.4 Å². The molecule has 0 aliphatic heterocycles. The Bertz CT molecular complexity index is 635. The van der Waals surface area contributed by atoms with Crippen molar-refractivity contribution in [2.45, 2.75) is 26.3 Å². The Morgan fingerprint density at radius 1 is 1.27 bits per heavy atom. The van der Waals surface area contributed by atoms with Crippen molar-refractivity contribution in [2.24, 2.45) is 5.92 Å². The van der Waals surface area contributed by atoms with E-state index in [4.69, 9.17) is 5.11 Å². The lowest BCUT2D eigenvalue weighted by Crippen LogP contribution is -2.41. The van der Waals surface area contributed by atoms with Gasteiger partial charge in [0, 0.05) is 11.1 Å². The van der Waals surface area contributed by atoms with E-state index in [1.807, 2.05) is 13.8 Å². The van der Waals surface area contributed by atoms with E-state index in [0.717, 1.165) is 0 Å². The van der Waals surface area contributed by atoms with E-state index in [1.165, 1.54) is 6.39 Å². The number of benzene rings is 1. The van der Waals surface area contributed by atoms with Gasteiger partial charge in [-0.15, -0.1) is 0 Å². The molecule has 1 unspecified atom stereocenters. The van der Waals surface area contributed by atoms with Gasteiger partial charge in [0.05, 0.1) is 0 Å². The summed E-state index contributed by atoms with van der Waals surface area (Å²) in [5.74, 6) is -0.865. The molecule has 2 N–H and O–H groups in total. The smallest absolute Gasteiger partial charge is 0.326 e. The first-order valence-corrected chi connectivity index (χ1v) is 6.88. The normalized spacial score (nSPS) is 12.1. The predicted octanol–water partition coefficient (Wildman–Crippen LogP) is 1.97. The maximum atomic E-state index is 12.1. The fourth-order valence-electron chi connectivity index (χ4n) is 2.00. The van der Waals surface area contributed by atoms with Gasteiger partial charge in [-0.25, -0.2) is 4.79 Å². The summed E-state index contributed by atoms with van der Waals surface area (Å²) in [6, 6.07) is 5.64. The van der Waals surface area contributed by atoms with Crippen molar-refractivity contribution < 1.29 is 19.2 Å². The molecule has 2 rings (SSSR count). The lowest BCUT2D eigenvalue weighted by Gasteiger charge is -2.16. The molecule has 0 aliphatic carbocycles. The first kappa shape index (κ1) is 15.7. The quantitative estimate of drug-likeness (QED) is 0.845. The molecule has 0 saturated heterocycles. The van der Waals surface area contributed by atoms with Crippen molar-refractivity contribution in [3.63, 3.8) is 0 Å². The number of hydrogen-bond donors (Lipinski definition) is 2. The van der Waals surface area contributed by atoms with Crippen LogP contribution in [0.3, 0.4) is 0 Å². The highest BCUT2D eigenvalue weighted by Crippen LogP contribution is 2.15. The fraction of sp³-hybridized carbons (Fsp3) is 0.333. The van der Waals surface area contributed by atoms with Crippen LogP contribution < -0.4 is 5.32 Å². The van der Waals surface area contributed by atoms with Gasteiger partial charge >= 0.3 is 5.97 Å². The molecule has 0 bridgehead atoms. The predicted molar refractivity (Wildman–Crippen MR) is 78.1 cm³/mol. The van der Waals surface area contributed by atoms with Crippen LogP contribution in [0.5, 0.6) is 0 Å². The SMILES string of the molecule is CC(C)CC(NC(=O)c1ccc(-c2ncon2)cc1)C(=O)O. The van der Waals surface area contributed by atoms with Gasteiger partial charge in [0.25, 0.3) is 5.91 Å². The molecule has 1 aromatic carbocycles. The Hall–Kier alpha value is -2.70. The molecule has 2 aromatic rings. The van der Waals surface area contributed by atoms with E-state index in [0.29, 0.717) is 23.4 Å². The summed E-state index contributed by atoms with van der Waals surface area (Å²) < 4.78 is 4.66. The zero-order valence-electron chi connectivity index (χ0n) is 12.3. The van der Waals surface area contributed by atoms with Crippen molar-refractivity contribution in [1.29, 1.82) is 0 Å². The Morgan fingerprint density at radius 2 is 1.95 bits per heavy atom. The largest absolute Gasteiger partial charge is 0.480 e. The number of hydrogen-bond acceptors (Lipinski definition) is 5. The molecular weight excluding hydrogens is 286 g/mol. The summed E-state index contributed by atoms with van der Waals surface area (Å²) in [7, 11) is 0. The van der Waals surface area contributed by atoms with Crippen LogP contribution in [0.15, 0.2) is 35.2 Å². The number of nitrogens with one attached hydrogen (secondary N) is 1. The summed E-state index contributed by atoms with van der Waals surface area (Å²) in [5, 5.41) is 15.4. The molecule has 0 spiro atoms. The Balaban J connectivity index is 2.07. The first-order valence-electron chi connectivity index (χ1n) is 6.88. The summed E-state index contributed by atoms with van der Waals surface area (Å²) in [6.45, 7) is 3.81. The maximum Gasteiger partial charge on any atom is 0.326 e. The number of carboxylic acids is 1. The molecule has 116 valence electrons. The molecule has 22 heavy (non-hydrogen) atoms. The molecule has 1 heterocycles. The van der Waals surface area contributed by atoms with Crippen molar-refractivity contribution in [2.75, 3.05) is 0 Å². The number of aromatic nitrogens is 2. The van der Waals surface area contributed by atoms with Crippen LogP contribution in [0.1, 0.15) is 30.6 Å². The number of carbonyl (C=O) groups excluding carboxylic acids is 1. The van der Waals surface area contributed by atoms with Crippen LogP contribution in [-0.4, -0.2) is 33.2 Å². The standard InChI is InChI=1S/C15H17N3O4/c1-9(2)7-12(15(20)21)17-14(19)11-5-3-10(4-6-11)13-16-8-22-18-13/h3-6,8-9,12H,7H2,1-2H3,(H,17,19)(H,20,21).